The van der Waals surface area contributed by atoms with Crippen LogP contribution in [0, 0.1) is 17.8 Å². The topological polar surface area (TPSA) is 57.5 Å². The SMILES string of the molecule is CC1CCC2c3ccc(O)cc3CCC2C1C(=O)O. The smallest absolute Gasteiger partial charge is 0.307 e. The molecule has 102 valence electrons. The Labute approximate surface area is 113 Å². The van der Waals surface area contributed by atoms with Crippen molar-refractivity contribution in [2.45, 2.75) is 38.5 Å². The molecule has 2 N–H and O–H groups in total. The molecule has 1 aromatic carbocycles. The van der Waals surface area contributed by atoms with Crippen molar-refractivity contribution in [2.24, 2.45) is 17.8 Å². The number of fused-ring (bicyclic) bond motifs is 3. The summed E-state index contributed by atoms with van der Waals surface area (Å²) in [5, 5.41) is 19.1. The van der Waals surface area contributed by atoms with Crippen LogP contribution in [0.25, 0.3) is 0 Å². The van der Waals surface area contributed by atoms with Crippen LogP contribution >= 0.6 is 0 Å². The van der Waals surface area contributed by atoms with Gasteiger partial charge in [0.05, 0.1) is 5.92 Å². The second kappa shape index (κ2) is 4.55. The third-order valence-electron chi connectivity index (χ3n) is 5.08. The Bertz CT molecular complexity index is 509. The van der Waals surface area contributed by atoms with E-state index in [1.54, 1.807) is 6.07 Å². The van der Waals surface area contributed by atoms with Crippen LogP contribution in [0.15, 0.2) is 18.2 Å². The maximum Gasteiger partial charge on any atom is 0.307 e. The van der Waals surface area contributed by atoms with E-state index in [0.29, 0.717) is 11.7 Å². The summed E-state index contributed by atoms with van der Waals surface area (Å²) in [5.41, 5.74) is 2.48. The molecule has 0 amide bonds. The lowest BCUT2D eigenvalue weighted by molar-refractivity contribution is -0.148. The quantitative estimate of drug-likeness (QED) is 0.815. The van der Waals surface area contributed by atoms with Gasteiger partial charge in [-0.25, -0.2) is 0 Å². The fraction of sp³-hybridized carbons (Fsp3) is 0.562. The van der Waals surface area contributed by atoms with Crippen molar-refractivity contribution >= 4 is 5.97 Å². The number of phenolic OH excluding ortho intramolecular Hbond substituents is 1. The molecule has 0 bridgehead atoms. The number of hydrogen-bond acceptors (Lipinski definition) is 2. The van der Waals surface area contributed by atoms with Crippen molar-refractivity contribution in [3.05, 3.63) is 29.3 Å². The Hall–Kier alpha value is -1.51. The fourth-order valence-corrected chi connectivity index (χ4v) is 4.19. The first-order chi connectivity index (χ1) is 9.08. The maximum atomic E-state index is 11.5. The van der Waals surface area contributed by atoms with E-state index in [1.165, 1.54) is 11.1 Å². The van der Waals surface area contributed by atoms with E-state index in [9.17, 15) is 15.0 Å². The van der Waals surface area contributed by atoms with E-state index in [2.05, 4.69) is 6.92 Å². The molecule has 1 fully saturated rings. The van der Waals surface area contributed by atoms with Crippen LogP contribution in [-0.2, 0) is 11.2 Å². The highest BCUT2D eigenvalue weighted by Crippen LogP contribution is 2.50. The van der Waals surface area contributed by atoms with Crippen molar-refractivity contribution in [1.82, 2.24) is 0 Å². The van der Waals surface area contributed by atoms with Crippen molar-refractivity contribution in [3.63, 3.8) is 0 Å². The molecule has 0 aromatic heterocycles. The Morgan fingerprint density at radius 1 is 1.26 bits per heavy atom. The molecule has 3 heteroatoms. The van der Waals surface area contributed by atoms with Gasteiger partial charge in [0.25, 0.3) is 0 Å². The summed E-state index contributed by atoms with van der Waals surface area (Å²) in [6.07, 6.45) is 3.88. The number of aliphatic carboxylic acids is 1. The minimum absolute atomic E-state index is 0.208. The van der Waals surface area contributed by atoms with Crippen LogP contribution in [0.2, 0.25) is 0 Å². The van der Waals surface area contributed by atoms with Gasteiger partial charge in [0, 0.05) is 0 Å². The number of carboxylic acid groups (broad SMARTS) is 1. The zero-order valence-electron chi connectivity index (χ0n) is 11.2. The predicted octanol–water partition coefficient (Wildman–Crippen LogP) is 3.17. The van der Waals surface area contributed by atoms with Gasteiger partial charge in [0.2, 0.25) is 0 Å². The molecule has 19 heavy (non-hydrogen) atoms. The summed E-state index contributed by atoms with van der Waals surface area (Å²) in [6, 6.07) is 5.57. The first kappa shape index (κ1) is 12.5. The maximum absolute atomic E-state index is 11.5. The molecule has 4 atom stereocenters. The minimum Gasteiger partial charge on any atom is -0.508 e. The Morgan fingerprint density at radius 2 is 2.05 bits per heavy atom. The molecule has 0 radical (unpaired) electrons. The van der Waals surface area contributed by atoms with E-state index in [4.69, 9.17) is 0 Å². The third kappa shape index (κ3) is 2.01. The van der Waals surface area contributed by atoms with Crippen molar-refractivity contribution in [2.75, 3.05) is 0 Å². The fourth-order valence-electron chi connectivity index (χ4n) is 4.19. The summed E-state index contributed by atoms with van der Waals surface area (Å²) in [7, 11) is 0. The number of phenols is 1. The highest BCUT2D eigenvalue weighted by atomic mass is 16.4. The normalized spacial score (nSPS) is 33.3. The summed E-state index contributed by atoms with van der Waals surface area (Å²) in [5.74, 6) is 0.374. The van der Waals surface area contributed by atoms with Crippen molar-refractivity contribution in [3.8, 4) is 5.75 Å². The number of rotatable bonds is 1. The lowest BCUT2D eigenvalue weighted by Gasteiger charge is -2.43. The Balaban J connectivity index is 1.98. The number of carbonyl (C=O) groups is 1. The Kier molecular flexibility index (Phi) is 3.00. The number of hydrogen-bond donors (Lipinski definition) is 2. The highest BCUT2D eigenvalue weighted by Gasteiger charge is 2.44. The molecule has 0 heterocycles. The molecule has 1 aromatic rings. The van der Waals surface area contributed by atoms with Gasteiger partial charge >= 0.3 is 5.97 Å². The van der Waals surface area contributed by atoms with E-state index >= 15 is 0 Å². The molecular weight excluding hydrogens is 240 g/mol. The summed E-state index contributed by atoms with van der Waals surface area (Å²) in [4.78, 5) is 11.5. The van der Waals surface area contributed by atoms with Crippen LogP contribution in [0.1, 0.15) is 43.2 Å². The van der Waals surface area contributed by atoms with Crippen molar-refractivity contribution in [1.29, 1.82) is 0 Å². The molecule has 0 saturated heterocycles. The van der Waals surface area contributed by atoms with Crippen LogP contribution in [-0.4, -0.2) is 16.2 Å². The summed E-state index contributed by atoms with van der Waals surface area (Å²) in [6.45, 7) is 2.07. The molecule has 2 aliphatic rings. The average Bonchev–Trinajstić information content (AvgIpc) is 2.37. The number of benzene rings is 1. The van der Waals surface area contributed by atoms with Gasteiger partial charge in [-0.3, -0.25) is 4.79 Å². The second-order valence-corrected chi connectivity index (χ2v) is 6.11. The minimum atomic E-state index is -0.635. The highest BCUT2D eigenvalue weighted by molar-refractivity contribution is 5.71. The average molecular weight is 260 g/mol. The second-order valence-electron chi connectivity index (χ2n) is 6.11. The van der Waals surface area contributed by atoms with E-state index in [1.807, 2.05) is 12.1 Å². The number of aromatic hydroxyl groups is 1. The summed E-state index contributed by atoms with van der Waals surface area (Å²) < 4.78 is 0. The molecular formula is C16H20O3. The van der Waals surface area contributed by atoms with E-state index in [-0.39, 0.29) is 17.8 Å². The van der Waals surface area contributed by atoms with Crippen LogP contribution in [0.5, 0.6) is 5.75 Å². The van der Waals surface area contributed by atoms with Crippen LogP contribution in [0.3, 0.4) is 0 Å². The lowest BCUT2D eigenvalue weighted by atomic mass is 9.60. The molecule has 4 unspecified atom stereocenters. The molecule has 0 spiro atoms. The zero-order valence-corrected chi connectivity index (χ0v) is 11.2. The van der Waals surface area contributed by atoms with Gasteiger partial charge < -0.3 is 10.2 Å². The monoisotopic (exact) mass is 260 g/mol. The molecule has 1 saturated carbocycles. The largest absolute Gasteiger partial charge is 0.508 e. The van der Waals surface area contributed by atoms with Gasteiger partial charge in [-0.05, 0) is 66.7 Å². The standard InChI is InChI=1S/C16H20O3/c1-9-2-5-13-12-7-4-11(17)8-10(12)3-6-14(13)15(9)16(18)19/h4,7-9,13-15,17H,2-3,5-6H2,1H3,(H,18,19). The van der Waals surface area contributed by atoms with Crippen LogP contribution in [0.4, 0.5) is 0 Å². The third-order valence-corrected chi connectivity index (χ3v) is 5.08. The van der Waals surface area contributed by atoms with E-state index < -0.39 is 5.97 Å². The van der Waals surface area contributed by atoms with Gasteiger partial charge in [0.1, 0.15) is 5.75 Å². The first-order valence-corrected chi connectivity index (χ1v) is 7.12. The first-order valence-electron chi connectivity index (χ1n) is 7.12. The van der Waals surface area contributed by atoms with Crippen LogP contribution < -0.4 is 0 Å². The lowest BCUT2D eigenvalue weighted by Crippen LogP contribution is -2.39. The molecule has 3 nitrogen and oxygen atoms in total. The summed E-state index contributed by atoms with van der Waals surface area (Å²) >= 11 is 0. The van der Waals surface area contributed by atoms with Gasteiger partial charge in [-0.1, -0.05) is 13.0 Å². The number of aryl methyl sites for hydroxylation is 1. The molecule has 2 aliphatic carbocycles. The van der Waals surface area contributed by atoms with Crippen molar-refractivity contribution < 1.29 is 15.0 Å². The molecule has 0 aliphatic heterocycles. The van der Waals surface area contributed by atoms with E-state index in [0.717, 1.165) is 25.7 Å². The van der Waals surface area contributed by atoms with Gasteiger partial charge in [-0.15, -0.1) is 0 Å². The Morgan fingerprint density at radius 3 is 2.79 bits per heavy atom. The molecule has 3 rings (SSSR count). The number of carboxylic acids is 1. The van der Waals surface area contributed by atoms with Gasteiger partial charge in [0.15, 0.2) is 0 Å². The van der Waals surface area contributed by atoms with Gasteiger partial charge in [-0.2, -0.15) is 0 Å². The predicted molar refractivity (Wildman–Crippen MR) is 72.2 cm³/mol. The zero-order chi connectivity index (χ0) is 13.6.